The maximum Gasteiger partial charge on any atom is 0.264 e. The van der Waals surface area contributed by atoms with Gasteiger partial charge in [-0.05, 0) is 102 Å². The van der Waals surface area contributed by atoms with Crippen molar-refractivity contribution in [3.05, 3.63) is 107 Å². The number of hydrogen-bond donors (Lipinski definition) is 2. The first kappa shape index (κ1) is 30.1. The predicted molar refractivity (Wildman–Crippen MR) is 163 cm³/mol. The largest absolute Gasteiger partial charge is 0.496 e. The number of rotatable bonds is 10. The van der Waals surface area contributed by atoms with E-state index in [0.717, 1.165) is 15.4 Å². The zero-order chi connectivity index (χ0) is 29.8. The molecule has 0 spiro atoms. The van der Waals surface area contributed by atoms with Crippen LogP contribution in [-0.4, -0.2) is 36.4 Å². The molecule has 41 heavy (non-hydrogen) atoms. The van der Waals surface area contributed by atoms with Gasteiger partial charge in [0.2, 0.25) is 5.91 Å². The normalized spacial score (nSPS) is 11.5. The van der Waals surface area contributed by atoms with Crippen LogP contribution in [0.3, 0.4) is 0 Å². The van der Waals surface area contributed by atoms with Crippen molar-refractivity contribution >= 4 is 58.9 Å². The topological polar surface area (TPSA) is 122 Å². The number of hydrogen-bond acceptors (Lipinski definition) is 6. The molecule has 0 aliphatic rings. The molecule has 4 aromatic rings. The van der Waals surface area contributed by atoms with Gasteiger partial charge in [-0.15, -0.1) is 0 Å². The number of ether oxygens (including phenoxy) is 1. The Balaban J connectivity index is 1.55. The number of benzene rings is 4. The van der Waals surface area contributed by atoms with Crippen LogP contribution in [0.2, 0.25) is 0 Å². The molecule has 0 unspecified atom stereocenters. The number of nitrogens with zero attached hydrogens (tertiary/aromatic N) is 1. The van der Waals surface area contributed by atoms with E-state index < -0.39 is 32.5 Å². The van der Waals surface area contributed by atoms with Crippen molar-refractivity contribution in [2.24, 2.45) is 0 Å². The molecular formula is C29H28BrN3O6S2. The van der Waals surface area contributed by atoms with Gasteiger partial charge in [0.05, 0.1) is 27.1 Å². The molecule has 214 valence electrons. The summed E-state index contributed by atoms with van der Waals surface area (Å²) in [7, 11) is -6.54. The zero-order valence-electron chi connectivity index (χ0n) is 22.5. The highest BCUT2D eigenvalue weighted by atomic mass is 79.9. The fourth-order valence-corrected chi connectivity index (χ4v) is 7.12. The second-order valence-electron chi connectivity index (χ2n) is 9.19. The highest BCUT2D eigenvalue weighted by Gasteiger charge is 2.28. The van der Waals surface area contributed by atoms with Crippen LogP contribution >= 0.6 is 15.9 Å². The number of amides is 1. The quantitative estimate of drug-likeness (QED) is 0.225. The van der Waals surface area contributed by atoms with Crippen molar-refractivity contribution in [1.29, 1.82) is 0 Å². The molecular weight excluding hydrogens is 630 g/mol. The summed E-state index contributed by atoms with van der Waals surface area (Å²) in [5, 5.41) is 2.65. The predicted octanol–water partition coefficient (Wildman–Crippen LogP) is 5.71. The van der Waals surface area contributed by atoms with Crippen LogP contribution in [0.25, 0.3) is 0 Å². The molecule has 12 heteroatoms. The van der Waals surface area contributed by atoms with Crippen LogP contribution in [0, 0.1) is 13.8 Å². The number of methoxy groups -OCH3 is 1. The van der Waals surface area contributed by atoms with Crippen LogP contribution in [0.4, 0.5) is 17.1 Å². The van der Waals surface area contributed by atoms with Gasteiger partial charge in [-0.25, -0.2) is 16.8 Å². The third kappa shape index (κ3) is 7.26. The standard InChI is InChI=1S/C29H28BrN3O6S2/c1-20-7-11-24(12-8-20)33(41(37,38)26-15-16-28(39-3)27(30)18-26)19-29(34)31-22-9-13-25(14-10-22)40(35,36)32-23-6-4-5-21(2)17-23/h4-18,32H,19H2,1-3H3,(H,31,34). The molecule has 0 radical (unpaired) electrons. The lowest BCUT2D eigenvalue weighted by Crippen LogP contribution is -2.38. The van der Waals surface area contributed by atoms with Crippen molar-refractivity contribution in [3.8, 4) is 5.75 Å². The Bertz CT molecular complexity index is 1780. The minimum Gasteiger partial charge on any atom is -0.496 e. The molecule has 1 amide bonds. The van der Waals surface area contributed by atoms with E-state index in [2.05, 4.69) is 26.0 Å². The second-order valence-corrected chi connectivity index (χ2v) is 13.6. The Hall–Kier alpha value is -3.87. The molecule has 0 heterocycles. The molecule has 0 bridgehead atoms. The fourth-order valence-electron chi connectivity index (χ4n) is 3.93. The Morgan fingerprint density at radius 3 is 2.07 bits per heavy atom. The highest BCUT2D eigenvalue weighted by Crippen LogP contribution is 2.31. The Morgan fingerprint density at radius 2 is 1.46 bits per heavy atom. The molecule has 0 fully saturated rings. The van der Waals surface area contributed by atoms with E-state index in [0.29, 0.717) is 27.3 Å². The van der Waals surface area contributed by atoms with E-state index >= 15 is 0 Å². The van der Waals surface area contributed by atoms with Crippen LogP contribution in [0.5, 0.6) is 5.75 Å². The van der Waals surface area contributed by atoms with Crippen molar-refractivity contribution in [2.45, 2.75) is 23.6 Å². The number of halogens is 1. The maximum absolute atomic E-state index is 13.7. The van der Waals surface area contributed by atoms with Gasteiger partial charge in [-0.3, -0.25) is 13.8 Å². The van der Waals surface area contributed by atoms with Crippen LogP contribution in [0.15, 0.2) is 105 Å². The Kier molecular flexibility index (Phi) is 9.05. The van der Waals surface area contributed by atoms with Gasteiger partial charge >= 0.3 is 0 Å². The van der Waals surface area contributed by atoms with E-state index in [-0.39, 0.29) is 9.79 Å². The third-order valence-electron chi connectivity index (χ3n) is 6.04. The summed E-state index contributed by atoms with van der Waals surface area (Å²) in [6.07, 6.45) is 0. The fraction of sp³-hybridized carbons (Fsp3) is 0.138. The minimum absolute atomic E-state index is 0.00551. The maximum atomic E-state index is 13.7. The summed E-state index contributed by atoms with van der Waals surface area (Å²) in [5.74, 6) is -0.154. The summed E-state index contributed by atoms with van der Waals surface area (Å²) >= 11 is 3.32. The van der Waals surface area contributed by atoms with Gasteiger partial charge in [-0.2, -0.15) is 0 Å². The van der Waals surface area contributed by atoms with Crippen molar-refractivity contribution in [3.63, 3.8) is 0 Å². The molecule has 9 nitrogen and oxygen atoms in total. The summed E-state index contributed by atoms with van der Waals surface area (Å²) < 4.78 is 62.2. The first-order valence-electron chi connectivity index (χ1n) is 12.3. The number of aryl methyl sites for hydroxylation is 2. The monoisotopic (exact) mass is 657 g/mol. The number of sulfonamides is 2. The molecule has 0 saturated carbocycles. The minimum atomic E-state index is -4.16. The Labute approximate surface area is 248 Å². The van der Waals surface area contributed by atoms with E-state index in [4.69, 9.17) is 4.74 Å². The van der Waals surface area contributed by atoms with Gasteiger partial charge in [0.1, 0.15) is 12.3 Å². The smallest absolute Gasteiger partial charge is 0.264 e. The lowest BCUT2D eigenvalue weighted by atomic mass is 10.2. The zero-order valence-corrected chi connectivity index (χ0v) is 25.7. The van der Waals surface area contributed by atoms with Crippen LogP contribution < -0.4 is 19.1 Å². The van der Waals surface area contributed by atoms with E-state index in [9.17, 15) is 21.6 Å². The number of carbonyl (C=O) groups excluding carboxylic acids is 1. The van der Waals surface area contributed by atoms with E-state index in [1.165, 1.54) is 49.6 Å². The summed E-state index contributed by atoms with van der Waals surface area (Å²) in [4.78, 5) is 13.1. The van der Waals surface area contributed by atoms with Gasteiger partial charge in [-0.1, -0.05) is 29.8 Å². The highest BCUT2D eigenvalue weighted by molar-refractivity contribution is 9.10. The average Bonchev–Trinajstić information content (AvgIpc) is 2.92. The molecule has 0 atom stereocenters. The van der Waals surface area contributed by atoms with Crippen molar-refractivity contribution in [1.82, 2.24) is 0 Å². The number of carbonyl (C=O) groups is 1. The van der Waals surface area contributed by atoms with Crippen LogP contribution in [-0.2, 0) is 24.8 Å². The van der Waals surface area contributed by atoms with E-state index in [1.807, 2.05) is 19.9 Å². The molecule has 4 rings (SSSR count). The molecule has 2 N–H and O–H groups in total. The van der Waals surface area contributed by atoms with Crippen molar-refractivity contribution < 1.29 is 26.4 Å². The molecule has 0 aliphatic carbocycles. The van der Waals surface area contributed by atoms with Gasteiger partial charge < -0.3 is 10.1 Å². The summed E-state index contributed by atoms with van der Waals surface area (Å²) in [5.41, 5.74) is 2.88. The lowest BCUT2D eigenvalue weighted by Gasteiger charge is -2.24. The third-order valence-corrected chi connectivity index (χ3v) is 9.83. The van der Waals surface area contributed by atoms with Gasteiger partial charge in [0.15, 0.2) is 0 Å². The van der Waals surface area contributed by atoms with Crippen LogP contribution in [0.1, 0.15) is 11.1 Å². The Morgan fingerprint density at radius 1 is 0.805 bits per heavy atom. The molecule has 0 saturated heterocycles. The SMILES string of the molecule is COc1ccc(S(=O)(=O)N(CC(=O)Nc2ccc(S(=O)(=O)Nc3cccc(C)c3)cc2)c2ccc(C)cc2)cc1Br. The van der Waals surface area contributed by atoms with Gasteiger partial charge in [0, 0.05) is 11.4 Å². The number of anilines is 3. The number of nitrogens with one attached hydrogen (secondary N) is 2. The molecule has 0 aromatic heterocycles. The molecule has 0 aliphatic heterocycles. The summed E-state index contributed by atoms with van der Waals surface area (Å²) in [6.45, 7) is 3.20. The first-order valence-corrected chi connectivity index (χ1v) is 16.0. The van der Waals surface area contributed by atoms with E-state index in [1.54, 1.807) is 42.5 Å². The lowest BCUT2D eigenvalue weighted by molar-refractivity contribution is -0.114. The van der Waals surface area contributed by atoms with Crippen molar-refractivity contribution in [2.75, 3.05) is 28.0 Å². The van der Waals surface area contributed by atoms with Gasteiger partial charge in [0.25, 0.3) is 20.0 Å². The summed E-state index contributed by atoms with van der Waals surface area (Å²) in [6, 6.07) is 23.7. The average molecular weight is 659 g/mol. The first-order chi connectivity index (χ1) is 19.4. The second kappa shape index (κ2) is 12.3. The molecule has 4 aromatic carbocycles.